The van der Waals surface area contributed by atoms with E-state index in [-0.39, 0.29) is 24.2 Å². The maximum Gasteiger partial charge on any atom is 0.272 e. The normalized spacial score (nSPS) is 23.5. The molecule has 4 rings (SSSR count). The molecule has 138 valence electrons. The fraction of sp³-hybridized carbons (Fsp3) is 0.526. The highest BCUT2D eigenvalue weighted by Gasteiger charge is 2.30. The minimum atomic E-state index is -0.0776. The summed E-state index contributed by atoms with van der Waals surface area (Å²) in [5.41, 5.74) is 3.65. The molecule has 0 aromatic carbocycles. The number of ether oxygens (including phenoxy) is 1. The molecule has 7 heteroatoms. The molecule has 26 heavy (non-hydrogen) atoms. The molecule has 1 amide bonds. The maximum atomic E-state index is 12.8. The third-order valence-electron chi connectivity index (χ3n) is 5.31. The van der Waals surface area contributed by atoms with Gasteiger partial charge in [-0.2, -0.15) is 5.10 Å². The van der Waals surface area contributed by atoms with E-state index in [1.54, 1.807) is 0 Å². The van der Waals surface area contributed by atoms with Gasteiger partial charge < -0.3 is 15.0 Å². The number of anilines is 1. The first-order valence-corrected chi connectivity index (χ1v) is 9.30. The monoisotopic (exact) mass is 355 g/mol. The van der Waals surface area contributed by atoms with E-state index in [9.17, 15) is 4.79 Å². The molecule has 2 aromatic rings. The van der Waals surface area contributed by atoms with Crippen LogP contribution in [0.5, 0.6) is 0 Å². The van der Waals surface area contributed by atoms with Crippen molar-refractivity contribution in [2.24, 2.45) is 0 Å². The average molecular weight is 355 g/mol. The number of nitrogens with one attached hydrogen (secondary N) is 2. The number of carbonyl (C=O) groups excluding carboxylic acids is 1. The summed E-state index contributed by atoms with van der Waals surface area (Å²) in [6, 6.07) is 4.24. The quantitative estimate of drug-likeness (QED) is 0.882. The van der Waals surface area contributed by atoms with E-state index in [4.69, 9.17) is 4.74 Å². The number of rotatable bonds is 3. The maximum absolute atomic E-state index is 12.8. The molecule has 0 radical (unpaired) electrons. The molecule has 2 aliphatic rings. The van der Waals surface area contributed by atoms with Gasteiger partial charge in [0.25, 0.3) is 5.91 Å². The van der Waals surface area contributed by atoms with Gasteiger partial charge in [0.15, 0.2) is 5.69 Å². The zero-order chi connectivity index (χ0) is 18.1. The van der Waals surface area contributed by atoms with Crippen LogP contribution in [0.3, 0.4) is 0 Å². The van der Waals surface area contributed by atoms with Crippen molar-refractivity contribution in [1.82, 2.24) is 20.5 Å². The van der Waals surface area contributed by atoms with Gasteiger partial charge in [0.1, 0.15) is 0 Å². The molecular formula is C19H25N5O2. The summed E-state index contributed by atoms with van der Waals surface area (Å²) in [6.45, 7) is 5.87. The topological polar surface area (TPSA) is 83.1 Å². The number of nitrogens with zero attached hydrogens (tertiary/aromatic N) is 3. The number of aromatic nitrogens is 3. The highest BCUT2D eigenvalue weighted by molar-refractivity contribution is 5.94. The highest BCUT2D eigenvalue weighted by Crippen LogP contribution is 2.30. The fourth-order valence-corrected chi connectivity index (χ4v) is 3.95. The molecule has 0 aliphatic carbocycles. The Labute approximate surface area is 153 Å². The molecule has 1 fully saturated rings. The van der Waals surface area contributed by atoms with E-state index in [2.05, 4.69) is 25.4 Å². The molecule has 0 unspecified atom stereocenters. The Bertz CT molecular complexity index is 767. The highest BCUT2D eigenvalue weighted by atomic mass is 16.5. The molecule has 7 nitrogen and oxygen atoms in total. The van der Waals surface area contributed by atoms with Crippen LogP contribution >= 0.6 is 0 Å². The number of amides is 1. The Morgan fingerprint density at radius 1 is 1.27 bits per heavy atom. The van der Waals surface area contributed by atoms with Gasteiger partial charge in [0.2, 0.25) is 0 Å². The second kappa shape index (κ2) is 7.07. The number of pyridine rings is 1. The van der Waals surface area contributed by atoms with Crippen molar-refractivity contribution in [2.75, 3.05) is 18.0 Å². The first-order valence-electron chi connectivity index (χ1n) is 9.30. The molecule has 2 atom stereocenters. The smallest absolute Gasteiger partial charge is 0.272 e. The van der Waals surface area contributed by atoms with Crippen molar-refractivity contribution in [3.05, 3.63) is 41.5 Å². The van der Waals surface area contributed by atoms with Gasteiger partial charge >= 0.3 is 0 Å². The molecule has 2 N–H and O–H groups in total. The van der Waals surface area contributed by atoms with E-state index in [0.29, 0.717) is 5.69 Å². The van der Waals surface area contributed by atoms with E-state index < -0.39 is 0 Å². The van der Waals surface area contributed by atoms with Gasteiger partial charge in [-0.1, -0.05) is 0 Å². The molecule has 2 aromatic heterocycles. The minimum Gasteiger partial charge on any atom is -0.371 e. The van der Waals surface area contributed by atoms with Gasteiger partial charge in [-0.3, -0.25) is 14.9 Å². The average Bonchev–Trinajstić information content (AvgIpc) is 3.07. The van der Waals surface area contributed by atoms with Gasteiger partial charge in [-0.15, -0.1) is 0 Å². The Morgan fingerprint density at radius 3 is 2.73 bits per heavy atom. The molecule has 2 aliphatic heterocycles. The number of piperidine rings is 1. The lowest BCUT2D eigenvalue weighted by atomic mass is 9.99. The number of H-pyrrole nitrogens is 1. The largest absolute Gasteiger partial charge is 0.371 e. The predicted molar refractivity (Wildman–Crippen MR) is 98.2 cm³/mol. The van der Waals surface area contributed by atoms with Crippen molar-refractivity contribution in [2.45, 2.75) is 51.4 Å². The van der Waals surface area contributed by atoms with E-state index in [1.807, 2.05) is 38.4 Å². The Morgan fingerprint density at radius 2 is 2.00 bits per heavy atom. The molecule has 0 bridgehead atoms. The summed E-state index contributed by atoms with van der Waals surface area (Å²) in [7, 11) is 0. The molecule has 0 saturated carbocycles. The second-order valence-electron chi connectivity index (χ2n) is 7.20. The SMILES string of the molecule is C[C@@H]1Cc2c(C(=O)NC3CCN(c4ccncc4)CC3)n[nH]c2[C@H](C)O1. The van der Waals surface area contributed by atoms with Crippen molar-refractivity contribution in [3.8, 4) is 0 Å². The van der Waals surface area contributed by atoms with E-state index in [1.165, 1.54) is 5.69 Å². The lowest BCUT2D eigenvalue weighted by Crippen LogP contribution is -2.45. The number of aromatic amines is 1. The van der Waals surface area contributed by atoms with E-state index in [0.717, 1.165) is 43.6 Å². The van der Waals surface area contributed by atoms with E-state index >= 15 is 0 Å². The zero-order valence-corrected chi connectivity index (χ0v) is 15.2. The number of hydrogen-bond donors (Lipinski definition) is 2. The Kier molecular flexibility index (Phi) is 4.63. The van der Waals surface area contributed by atoms with Crippen LogP contribution in [0, 0.1) is 0 Å². The van der Waals surface area contributed by atoms with Gasteiger partial charge in [-0.05, 0) is 38.8 Å². The Hall–Kier alpha value is -2.41. The van der Waals surface area contributed by atoms with Gasteiger partial charge in [-0.25, -0.2) is 0 Å². The molecular weight excluding hydrogens is 330 g/mol. The molecule has 0 spiro atoms. The Balaban J connectivity index is 1.38. The lowest BCUT2D eigenvalue weighted by Gasteiger charge is -2.33. The number of carbonyl (C=O) groups is 1. The van der Waals surface area contributed by atoms with Crippen LogP contribution in [0.15, 0.2) is 24.5 Å². The number of hydrogen-bond acceptors (Lipinski definition) is 5. The minimum absolute atomic E-state index is 0.0496. The van der Waals surface area contributed by atoms with Crippen molar-refractivity contribution in [1.29, 1.82) is 0 Å². The third kappa shape index (κ3) is 3.31. The summed E-state index contributed by atoms with van der Waals surface area (Å²) in [6.07, 6.45) is 6.26. The number of fused-ring (bicyclic) bond motifs is 1. The van der Waals surface area contributed by atoms with Crippen LogP contribution in [0.2, 0.25) is 0 Å². The first kappa shape index (κ1) is 17.0. The second-order valence-corrected chi connectivity index (χ2v) is 7.20. The van der Waals surface area contributed by atoms with Crippen LogP contribution < -0.4 is 10.2 Å². The van der Waals surface area contributed by atoms with Crippen molar-refractivity contribution >= 4 is 11.6 Å². The lowest BCUT2D eigenvalue weighted by molar-refractivity contribution is -0.00697. The van der Waals surface area contributed by atoms with Gasteiger partial charge in [0.05, 0.1) is 17.9 Å². The van der Waals surface area contributed by atoms with Crippen LogP contribution in [0.1, 0.15) is 54.5 Å². The van der Waals surface area contributed by atoms with Crippen molar-refractivity contribution < 1.29 is 9.53 Å². The van der Waals surface area contributed by atoms with Crippen molar-refractivity contribution in [3.63, 3.8) is 0 Å². The fourth-order valence-electron chi connectivity index (χ4n) is 3.95. The van der Waals surface area contributed by atoms with Crippen LogP contribution in [-0.2, 0) is 11.2 Å². The molecule has 4 heterocycles. The zero-order valence-electron chi connectivity index (χ0n) is 15.2. The summed E-state index contributed by atoms with van der Waals surface area (Å²) in [5, 5.41) is 10.4. The van der Waals surface area contributed by atoms with Crippen LogP contribution in [-0.4, -0.2) is 46.3 Å². The summed E-state index contributed by atoms with van der Waals surface area (Å²) in [5.74, 6) is -0.0776. The summed E-state index contributed by atoms with van der Waals surface area (Å²) in [4.78, 5) is 19.2. The van der Waals surface area contributed by atoms with Gasteiger partial charge in [0, 0.05) is 49.2 Å². The standard InChI is InChI=1S/C19H25N5O2/c1-12-11-16-17(13(2)26-12)22-23-18(16)19(25)21-14-5-9-24(10-6-14)15-3-7-20-8-4-15/h3-4,7-8,12-14H,5-6,9-11H2,1-2H3,(H,21,25)(H,22,23)/t12-,13+/m1/s1. The third-order valence-corrected chi connectivity index (χ3v) is 5.31. The summed E-state index contributed by atoms with van der Waals surface area (Å²) < 4.78 is 5.80. The first-order chi connectivity index (χ1) is 12.6. The van der Waals surface area contributed by atoms with Crippen LogP contribution in [0.25, 0.3) is 0 Å². The van der Waals surface area contributed by atoms with Crippen LogP contribution in [0.4, 0.5) is 5.69 Å². The summed E-state index contributed by atoms with van der Waals surface area (Å²) >= 11 is 0. The molecule has 1 saturated heterocycles. The predicted octanol–water partition coefficient (Wildman–Crippen LogP) is 2.23.